The van der Waals surface area contributed by atoms with Gasteiger partial charge in [0.2, 0.25) is 11.8 Å². The number of hydrogen-bond donors (Lipinski definition) is 3. The van der Waals surface area contributed by atoms with Gasteiger partial charge in [0.25, 0.3) is 0 Å². The maximum Gasteiger partial charge on any atom is 0.238 e. The SMILES string of the molecule is C=C(C)[C@H]1NC(=O)C[C@@H](c2cc(Cl)ccc2OCCO)[C@]12C(=O)Nc1cc(Cl)ccc12. The highest BCUT2D eigenvalue weighted by atomic mass is 35.5. The third kappa shape index (κ3) is 3.49. The number of halogens is 2. The first-order valence-corrected chi connectivity index (χ1v) is 10.6. The van der Waals surface area contributed by atoms with Gasteiger partial charge >= 0.3 is 0 Å². The molecule has 2 heterocycles. The van der Waals surface area contributed by atoms with Crippen LogP contribution in [0.3, 0.4) is 0 Å². The summed E-state index contributed by atoms with van der Waals surface area (Å²) in [6.45, 7) is 5.75. The number of aliphatic hydroxyl groups is 1. The molecule has 4 rings (SSSR count). The first kappa shape index (κ1) is 21.7. The number of carbonyl (C=O) groups excluding carboxylic acids is 2. The second kappa shape index (κ2) is 8.19. The van der Waals surface area contributed by atoms with Gasteiger partial charge in [0, 0.05) is 33.6 Å². The van der Waals surface area contributed by atoms with E-state index >= 15 is 0 Å². The molecule has 2 aromatic carbocycles. The van der Waals surface area contributed by atoms with Gasteiger partial charge in [-0.15, -0.1) is 0 Å². The van der Waals surface area contributed by atoms with Crippen LogP contribution >= 0.6 is 23.2 Å². The number of hydrogen-bond acceptors (Lipinski definition) is 4. The Balaban J connectivity index is 1.99. The molecule has 162 valence electrons. The lowest BCUT2D eigenvalue weighted by Crippen LogP contribution is -2.62. The topological polar surface area (TPSA) is 87.7 Å². The van der Waals surface area contributed by atoms with Crippen molar-refractivity contribution in [3.8, 4) is 5.75 Å². The molecule has 2 aliphatic rings. The van der Waals surface area contributed by atoms with Crippen molar-refractivity contribution in [3.05, 3.63) is 69.7 Å². The van der Waals surface area contributed by atoms with Crippen LogP contribution in [0, 0.1) is 0 Å². The highest BCUT2D eigenvalue weighted by Gasteiger charge is 2.61. The van der Waals surface area contributed by atoms with Crippen molar-refractivity contribution in [1.82, 2.24) is 5.32 Å². The molecule has 0 radical (unpaired) electrons. The van der Waals surface area contributed by atoms with Crippen LogP contribution in [0.15, 0.2) is 48.6 Å². The average molecular weight is 461 g/mol. The zero-order valence-electron chi connectivity index (χ0n) is 16.9. The monoisotopic (exact) mass is 460 g/mol. The number of anilines is 1. The Labute approximate surface area is 190 Å². The third-order valence-corrected chi connectivity index (χ3v) is 6.41. The molecule has 2 amide bonds. The van der Waals surface area contributed by atoms with Gasteiger partial charge < -0.3 is 20.5 Å². The van der Waals surface area contributed by atoms with E-state index in [4.69, 9.17) is 27.9 Å². The molecule has 31 heavy (non-hydrogen) atoms. The molecule has 1 fully saturated rings. The largest absolute Gasteiger partial charge is 0.491 e. The van der Waals surface area contributed by atoms with Crippen molar-refractivity contribution in [3.63, 3.8) is 0 Å². The van der Waals surface area contributed by atoms with Crippen LogP contribution in [0.5, 0.6) is 5.75 Å². The number of aliphatic hydroxyl groups excluding tert-OH is 1. The highest BCUT2D eigenvalue weighted by Crippen LogP contribution is 2.55. The maximum absolute atomic E-state index is 13.7. The average Bonchev–Trinajstić information content (AvgIpc) is 2.99. The van der Waals surface area contributed by atoms with Crippen molar-refractivity contribution in [2.45, 2.75) is 30.7 Å². The van der Waals surface area contributed by atoms with Gasteiger partial charge in [-0.3, -0.25) is 9.59 Å². The number of nitrogens with one attached hydrogen (secondary N) is 2. The fourth-order valence-corrected chi connectivity index (χ4v) is 5.14. The Morgan fingerprint density at radius 3 is 2.65 bits per heavy atom. The van der Waals surface area contributed by atoms with E-state index in [2.05, 4.69) is 17.2 Å². The molecule has 0 aromatic heterocycles. The fraction of sp³-hybridized carbons (Fsp3) is 0.304. The highest BCUT2D eigenvalue weighted by molar-refractivity contribution is 6.31. The van der Waals surface area contributed by atoms with Crippen molar-refractivity contribution >= 4 is 40.7 Å². The maximum atomic E-state index is 13.7. The lowest BCUT2D eigenvalue weighted by molar-refractivity contribution is -0.130. The summed E-state index contributed by atoms with van der Waals surface area (Å²) >= 11 is 12.5. The van der Waals surface area contributed by atoms with Crippen LogP contribution < -0.4 is 15.4 Å². The molecular formula is C23H22Cl2N2O4. The minimum atomic E-state index is -1.17. The van der Waals surface area contributed by atoms with E-state index in [1.54, 1.807) is 37.3 Å². The zero-order valence-corrected chi connectivity index (χ0v) is 18.4. The molecule has 2 aliphatic heterocycles. The quantitative estimate of drug-likeness (QED) is 0.592. The number of piperidine rings is 1. The molecule has 0 saturated carbocycles. The van der Waals surface area contributed by atoms with Crippen LogP contribution in [-0.2, 0) is 15.0 Å². The van der Waals surface area contributed by atoms with E-state index in [1.807, 2.05) is 6.07 Å². The summed E-state index contributed by atoms with van der Waals surface area (Å²) in [4.78, 5) is 26.4. The third-order valence-electron chi connectivity index (χ3n) is 5.94. The minimum Gasteiger partial charge on any atom is -0.491 e. The van der Waals surface area contributed by atoms with E-state index in [0.29, 0.717) is 32.6 Å². The van der Waals surface area contributed by atoms with Crippen molar-refractivity contribution < 1.29 is 19.4 Å². The molecule has 6 nitrogen and oxygen atoms in total. The van der Waals surface area contributed by atoms with Gasteiger partial charge in [-0.1, -0.05) is 41.4 Å². The summed E-state index contributed by atoms with van der Waals surface area (Å²) in [5.41, 5.74) is 1.44. The lowest BCUT2D eigenvalue weighted by atomic mass is 9.59. The normalized spacial score (nSPS) is 24.5. The van der Waals surface area contributed by atoms with Gasteiger partial charge in [0.05, 0.1) is 12.6 Å². The molecule has 0 unspecified atom stereocenters. The predicted molar refractivity (Wildman–Crippen MR) is 120 cm³/mol. The Bertz CT molecular complexity index is 1090. The van der Waals surface area contributed by atoms with Crippen molar-refractivity contribution in [2.75, 3.05) is 18.5 Å². The summed E-state index contributed by atoms with van der Waals surface area (Å²) in [6.07, 6.45) is 0.0507. The first-order chi connectivity index (χ1) is 14.8. The number of amides is 2. The van der Waals surface area contributed by atoms with Gasteiger partial charge in [0.15, 0.2) is 0 Å². The number of fused-ring (bicyclic) bond motifs is 2. The molecule has 3 atom stereocenters. The van der Waals surface area contributed by atoms with Crippen LogP contribution in [0.4, 0.5) is 5.69 Å². The molecule has 1 spiro atoms. The summed E-state index contributed by atoms with van der Waals surface area (Å²) < 4.78 is 5.75. The van der Waals surface area contributed by atoms with Crippen LogP contribution in [0.1, 0.15) is 30.4 Å². The summed E-state index contributed by atoms with van der Waals surface area (Å²) in [5.74, 6) is -0.575. The standard InChI is InChI=1S/C23H22Cl2N2O4/c1-12(2)21-23(16-5-3-14(25)10-18(16)26-22(23)30)17(11-20(29)27-21)15-9-13(24)4-6-19(15)31-8-7-28/h3-6,9-10,17,21,28H,1,7-8,11H2,2H3,(H,26,30)(H,27,29)/t17-,21+,23-/m0/s1. The van der Waals surface area contributed by atoms with Crippen molar-refractivity contribution in [1.29, 1.82) is 0 Å². The molecule has 0 aliphatic carbocycles. The molecule has 2 aromatic rings. The summed E-state index contributed by atoms with van der Waals surface area (Å²) in [7, 11) is 0. The first-order valence-electron chi connectivity index (χ1n) is 9.88. The predicted octanol–water partition coefficient (Wildman–Crippen LogP) is 3.80. The Morgan fingerprint density at radius 1 is 1.23 bits per heavy atom. The second-order valence-corrected chi connectivity index (χ2v) is 8.74. The summed E-state index contributed by atoms with van der Waals surface area (Å²) in [6, 6.07) is 9.68. The zero-order chi connectivity index (χ0) is 22.3. The summed E-state index contributed by atoms with van der Waals surface area (Å²) in [5, 5.41) is 16.1. The van der Waals surface area contributed by atoms with Gasteiger partial charge in [-0.2, -0.15) is 0 Å². The van der Waals surface area contributed by atoms with E-state index in [9.17, 15) is 14.7 Å². The number of benzene rings is 2. The number of rotatable bonds is 5. The van der Waals surface area contributed by atoms with Crippen LogP contribution in [0.2, 0.25) is 10.0 Å². The number of carbonyl (C=O) groups is 2. The molecular weight excluding hydrogens is 439 g/mol. The van der Waals surface area contributed by atoms with Gasteiger partial charge in [-0.25, -0.2) is 0 Å². The van der Waals surface area contributed by atoms with E-state index < -0.39 is 17.4 Å². The van der Waals surface area contributed by atoms with Gasteiger partial charge in [-0.05, 0) is 42.8 Å². The molecule has 1 saturated heterocycles. The Kier molecular flexibility index (Phi) is 5.73. The van der Waals surface area contributed by atoms with E-state index in [1.165, 1.54) is 0 Å². The second-order valence-electron chi connectivity index (χ2n) is 7.87. The Morgan fingerprint density at radius 2 is 1.94 bits per heavy atom. The fourth-order valence-electron chi connectivity index (χ4n) is 4.79. The van der Waals surface area contributed by atoms with Crippen LogP contribution in [-0.4, -0.2) is 36.2 Å². The minimum absolute atomic E-state index is 0.0507. The smallest absolute Gasteiger partial charge is 0.238 e. The number of ether oxygens (including phenoxy) is 1. The molecule has 0 bridgehead atoms. The molecule has 8 heteroatoms. The Hall–Kier alpha value is -2.54. The molecule has 3 N–H and O–H groups in total. The lowest BCUT2D eigenvalue weighted by Gasteiger charge is -2.46. The van der Waals surface area contributed by atoms with Gasteiger partial charge in [0.1, 0.15) is 17.8 Å². The van der Waals surface area contributed by atoms with E-state index in [0.717, 1.165) is 5.56 Å². The van der Waals surface area contributed by atoms with Crippen molar-refractivity contribution in [2.24, 2.45) is 0 Å². The van der Waals surface area contributed by atoms with E-state index in [-0.39, 0.29) is 31.4 Å². The van der Waals surface area contributed by atoms with Crippen LogP contribution in [0.25, 0.3) is 0 Å².